The van der Waals surface area contributed by atoms with Crippen LogP contribution in [0.15, 0.2) is 85.8 Å². The summed E-state index contributed by atoms with van der Waals surface area (Å²) >= 11 is 0. The number of benzene rings is 1. The van der Waals surface area contributed by atoms with E-state index >= 15 is 0 Å². The number of ether oxygens (including phenoxy) is 1. The van der Waals surface area contributed by atoms with E-state index in [2.05, 4.69) is 23.5 Å². The molecule has 2 amide bonds. The molecule has 1 unspecified atom stereocenters. The minimum Gasteiger partial charge on any atom is -0.508 e. The van der Waals surface area contributed by atoms with Gasteiger partial charge in [0.15, 0.2) is 0 Å². The molecule has 0 saturated carbocycles. The van der Waals surface area contributed by atoms with Gasteiger partial charge in [0.05, 0.1) is 0 Å². The minimum absolute atomic E-state index is 0.0999. The van der Waals surface area contributed by atoms with E-state index in [1.807, 2.05) is 0 Å². The number of phenolic OH excluding ortho intramolecular Hbond substituents is 1. The van der Waals surface area contributed by atoms with Crippen molar-refractivity contribution in [2.24, 2.45) is 5.92 Å². The lowest BCUT2D eigenvalue weighted by molar-refractivity contribution is -0.142. The fraction of sp³-hybridized carbons (Fsp3) is 0.345. The van der Waals surface area contributed by atoms with Crippen molar-refractivity contribution in [2.45, 2.75) is 31.7 Å². The highest BCUT2D eigenvalue weighted by Gasteiger charge is 2.33. The summed E-state index contributed by atoms with van der Waals surface area (Å²) in [5.74, 6) is 0.0723. The first-order chi connectivity index (χ1) is 17.5. The number of carbonyl (C=O) groups is 2. The maximum atomic E-state index is 13.7. The van der Waals surface area contributed by atoms with Gasteiger partial charge in [-0.25, -0.2) is 0 Å². The Morgan fingerprint density at radius 3 is 2.47 bits per heavy atom. The fourth-order valence-electron chi connectivity index (χ4n) is 4.27. The van der Waals surface area contributed by atoms with Crippen LogP contribution in [-0.2, 0) is 20.7 Å². The molecule has 7 heteroatoms. The predicted molar refractivity (Wildman–Crippen MR) is 140 cm³/mol. The van der Waals surface area contributed by atoms with E-state index in [1.165, 1.54) is 0 Å². The summed E-state index contributed by atoms with van der Waals surface area (Å²) in [5, 5.41) is 12.5. The number of aryl methyl sites for hydroxylation is 1. The number of pyridine rings is 1. The summed E-state index contributed by atoms with van der Waals surface area (Å²) in [6, 6.07) is 9.60. The van der Waals surface area contributed by atoms with E-state index in [9.17, 15) is 14.7 Å². The van der Waals surface area contributed by atoms with Crippen LogP contribution in [0.5, 0.6) is 5.75 Å². The van der Waals surface area contributed by atoms with Gasteiger partial charge in [0.2, 0.25) is 11.8 Å². The molecule has 1 saturated heterocycles. The van der Waals surface area contributed by atoms with Crippen LogP contribution < -0.4 is 5.32 Å². The maximum absolute atomic E-state index is 13.7. The van der Waals surface area contributed by atoms with Gasteiger partial charge in [-0.05, 0) is 66.1 Å². The molecule has 1 aliphatic rings. The van der Waals surface area contributed by atoms with Crippen LogP contribution >= 0.6 is 0 Å². The van der Waals surface area contributed by atoms with E-state index in [-0.39, 0.29) is 36.4 Å². The fourth-order valence-corrected chi connectivity index (χ4v) is 4.27. The lowest BCUT2D eigenvalue weighted by atomic mass is 9.96. The van der Waals surface area contributed by atoms with Crippen molar-refractivity contribution in [3.05, 3.63) is 96.9 Å². The SMILES string of the molecule is C=C/C=C(\C=C)CNC(=O)C(c1ccncc1)N(CC1CCOCC1)C(=O)CCc1ccc(O)cc1. The predicted octanol–water partition coefficient (Wildman–Crippen LogP) is 4.13. The molecule has 0 aliphatic carbocycles. The molecular formula is C29H35N3O4. The Kier molecular flexibility index (Phi) is 10.5. The molecule has 1 aromatic heterocycles. The van der Waals surface area contributed by atoms with Gasteiger partial charge < -0.3 is 20.1 Å². The number of hydrogen-bond donors (Lipinski definition) is 2. The number of nitrogens with zero attached hydrogens (tertiary/aromatic N) is 2. The largest absolute Gasteiger partial charge is 0.508 e. The highest BCUT2D eigenvalue weighted by atomic mass is 16.5. The average Bonchev–Trinajstić information content (AvgIpc) is 2.91. The summed E-state index contributed by atoms with van der Waals surface area (Å²) in [7, 11) is 0. The van der Waals surface area contributed by atoms with Gasteiger partial charge in [-0.2, -0.15) is 0 Å². The standard InChI is InChI=1S/C29H35N3O4/c1-3-5-22(4-2)20-31-29(35)28(25-12-16-30-17-13-25)32(21-24-14-18-36-19-15-24)27(34)11-8-23-6-9-26(33)10-7-23/h3-7,9-10,12-13,16-17,24,28,33H,1-2,8,11,14-15,18-21H2,(H,31,35)/b22-5+. The normalized spacial score (nSPS) is 15.1. The lowest BCUT2D eigenvalue weighted by Crippen LogP contribution is -2.46. The average molecular weight is 490 g/mol. The van der Waals surface area contributed by atoms with Crippen LogP contribution in [0, 0.1) is 5.92 Å². The molecule has 3 rings (SSSR count). The van der Waals surface area contributed by atoms with E-state index in [4.69, 9.17) is 4.74 Å². The van der Waals surface area contributed by atoms with E-state index < -0.39 is 6.04 Å². The van der Waals surface area contributed by atoms with Crippen LogP contribution in [0.4, 0.5) is 0 Å². The molecule has 0 spiro atoms. The highest BCUT2D eigenvalue weighted by molar-refractivity contribution is 5.89. The summed E-state index contributed by atoms with van der Waals surface area (Å²) < 4.78 is 5.51. The Hall–Kier alpha value is -3.71. The van der Waals surface area contributed by atoms with Crippen LogP contribution in [0.25, 0.3) is 0 Å². The molecule has 1 atom stereocenters. The number of nitrogens with one attached hydrogen (secondary N) is 1. The van der Waals surface area contributed by atoms with Crippen LogP contribution in [0.3, 0.4) is 0 Å². The van der Waals surface area contributed by atoms with Crippen molar-refractivity contribution in [3.63, 3.8) is 0 Å². The second-order valence-electron chi connectivity index (χ2n) is 8.85. The van der Waals surface area contributed by atoms with Gasteiger partial charge in [-0.3, -0.25) is 14.6 Å². The molecule has 1 fully saturated rings. The molecular weight excluding hydrogens is 454 g/mol. The molecule has 1 aliphatic heterocycles. The summed E-state index contributed by atoms with van der Waals surface area (Å²) in [6.07, 6.45) is 10.8. The third kappa shape index (κ3) is 7.92. The first-order valence-corrected chi connectivity index (χ1v) is 12.3. The number of allylic oxidation sites excluding steroid dienone is 2. The summed E-state index contributed by atoms with van der Waals surface area (Å²) in [4.78, 5) is 33.1. The Balaban J connectivity index is 1.86. The third-order valence-electron chi connectivity index (χ3n) is 6.32. The number of amides is 2. The zero-order valence-corrected chi connectivity index (χ0v) is 20.6. The van der Waals surface area contributed by atoms with Crippen molar-refractivity contribution in [2.75, 3.05) is 26.3 Å². The summed E-state index contributed by atoms with van der Waals surface area (Å²) in [5.41, 5.74) is 2.48. The highest BCUT2D eigenvalue weighted by Crippen LogP contribution is 2.27. The van der Waals surface area contributed by atoms with Crippen LogP contribution in [0.1, 0.15) is 36.4 Å². The monoisotopic (exact) mass is 489 g/mol. The van der Waals surface area contributed by atoms with Gasteiger partial charge in [-0.1, -0.05) is 43.5 Å². The Bertz CT molecular complexity index is 1040. The number of hydrogen-bond acceptors (Lipinski definition) is 5. The number of carbonyl (C=O) groups excluding carboxylic acids is 2. The van der Waals surface area contributed by atoms with Crippen molar-refractivity contribution < 1.29 is 19.4 Å². The molecule has 7 nitrogen and oxygen atoms in total. The molecule has 2 aromatic rings. The molecule has 2 heterocycles. The molecule has 36 heavy (non-hydrogen) atoms. The number of aromatic hydroxyl groups is 1. The van der Waals surface area contributed by atoms with Crippen molar-refractivity contribution in [1.29, 1.82) is 0 Å². The van der Waals surface area contributed by atoms with Crippen molar-refractivity contribution in [1.82, 2.24) is 15.2 Å². The molecule has 0 radical (unpaired) electrons. The maximum Gasteiger partial charge on any atom is 0.247 e. The number of phenols is 1. The van der Waals surface area contributed by atoms with Gasteiger partial charge in [0, 0.05) is 45.1 Å². The van der Waals surface area contributed by atoms with Crippen molar-refractivity contribution in [3.8, 4) is 5.75 Å². The smallest absolute Gasteiger partial charge is 0.247 e. The van der Waals surface area contributed by atoms with Gasteiger partial charge in [0.25, 0.3) is 0 Å². The van der Waals surface area contributed by atoms with Gasteiger partial charge in [0.1, 0.15) is 11.8 Å². The lowest BCUT2D eigenvalue weighted by Gasteiger charge is -2.35. The summed E-state index contributed by atoms with van der Waals surface area (Å²) in [6.45, 7) is 9.55. The Morgan fingerprint density at radius 2 is 1.83 bits per heavy atom. The zero-order chi connectivity index (χ0) is 25.8. The van der Waals surface area contributed by atoms with E-state index in [0.717, 1.165) is 24.0 Å². The molecule has 190 valence electrons. The molecule has 0 bridgehead atoms. The zero-order valence-electron chi connectivity index (χ0n) is 20.6. The number of rotatable bonds is 12. The second-order valence-corrected chi connectivity index (χ2v) is 8.85. The van der Waals surface area contributed by atoms with Gasteiger partial charge in [-0.15, -0.1) is 0 Å². The number of aromatic nitrogens is 1. The van der Waals surface area contributed by atoms with Gasteiger partial charge >= 0.3 is 0 Å². The minimum atomic E-state index is -0.794. The molecule has 1 aromatic carbocycles. The Labute approximate surface area is 213 Å². The Morgan fingerprint density at radius 1 is 1.14 bits per heavy atom. The van der Waals surface area contributed by atoms with E-state index in [0.29, 0.717) is 31.7 Å². The van der Waals surface area contributed by atoms with Crippen molar-refractivity contribution >= 4 is 11.8 Å². The second kappa shape index (κ2) is 14.0. The topological polar surface area (TPSA) is 91.8 Å². The van der Waals surface area contributed by atoms with Crippen LogP contribution in [0.2, 0.25) is 0 Å². The molecule has 2 N–H and O–H groups in total. The quantitative estimate of drug-likeness (QED) is 0.438. The third-order valence-corrected chi connectivity index (χ3v) is 6.32. The first kappa shape index (κ1) is 26.9. The first-order valence-electron chi connectivity index (χ1n) is 12.3. The van der Waals surface area contributed by atoms with E-state index in [1.54, 1.807) is 71.9 Å². The van der Waals surface area contributed by atoms with Crippen LogP contribution in [-0.4, -0.2) is 53.1 Å².